The monoisotopic (exact) mass is 373 g/mol. The molecule has 1 atom stereocenters. The molecule has 2 aromatic rings. The second-order valence-corrected chi connectivity index (χ2v) is 8.85. The first kappa shape index (κ1) is 18.4. The lowest BCUT2D eigenvalue weighted by Crippen LogP contribution is -2.33. The number of rotatable bonds is 6. The minimum Gasteiger partial charge on any atom is -0.338 e. The summed E-state index contributed by atoms with van der Waals surface area (Å²) in [6.45, 7) is 0.382. The molecule has 6 nitrogen and oxygen atoms in total. The number of carbonyl (C=O) groups excluding carboxylic acids is 1. The SMILES string of the molecule is O=C(NCC1CCS(=O)(=O)C1)Nc1ccc(CCc2ccccn2)cc1. The third-order valence-electron chi connectivity index (χ3n) is 4.49. The number of pyridine rings is 1. The third kappa shape index (κ3) is 5.56. The van der Waals surface area contributed by atoms with Gasteiger partial charge >= 0.3 is 6.03 Å². The molecule has 0 spiro atoms. The van der Waals surface area contributed by atoms with Gasteiger partial charge < -0.3 is 10.6 Å². The molecule has 2 N–H and O–H groups in total. The Bertz CT molecular complexity index is 836. The molecule has 1 aliphatic rings. The topological polar surface area (TPSA) is 88.2 Å². The number of carbonyl (C=O) groups is 1. The van der Waals surface area contributed by atoms with Gasteiger partial charge in [0.1, 0.15) is 0 Å². The van der Waals surface area contributed by atoms with Gasteiger partial charge in [-0.05, 0) is 55.0 Å². The van der Waals surface area contributed by atoms with Crippen LogP contribution in [0.15, 0.2) is 48.7 Å². The summed E-state index contributed by atoms with van der Waals surface area (Å²) in [5.41, 5.74) is 2.95. The molecule has 1 aromatic carbocycles. The summed E-state index contributed by atoms with van der Waals surface area (Å²) in [6.07, 6.45) is 4.17. The molecule has 2 amide bonds. The molecule has 138 valence electrons. The first-order chi connectivity index (χ1) is 12.5. The number of hydrogen-bond donors (Lipinski definition) is 2. The Hall–Kier alpha value is -2.41. The van der Waals surface area contributed by atoms with E-state index in [1.807, 2.05) is 42.5 Å². The van der Waals surface area contributed by atoms with E-state index in [4.69, 9.17) is 0 Å². The number of amides is 2. The van der Waals surface area contributed by atoms with Crippen molar-refractivity contribution in [1.29, 1.82) is 0 Å². The zero-order chi connectivity index (χ0) is 18.4. The quantitative estimate of drug-likeness (QED) is 0.814. The Morgan fingerprint density at radius 3 is 2.58 bits per heavy atom. The van der Waals surface area contributed by atoms with Gasteiger partial charge in [0.2, 0.25) is 0 Å². The van der Waals surface area contributed by atoms with Crippen LogP contribution in [0.25, 0.3) is 0 Å². The second kappa shape index (κ2) is 8.31. The number of benzene rings is 1. The second-order valence-electron chi connectivity index (χ2n) is 6.62. The molecule has 0 bridgehead atoms. The highest BCUT2D eigenvalue weighted by molar-refractivity contribution is 7.91. The molecule has 0 radical (unpaired) electrons. The molecule has 7 heteroatoms. The Kier molecular flexibility index (Phi) is 5.88. The lowest BCUT2D eigenvalue weighted by molar-refractivity contribution is 0.250. The first-order valence-electron chi connectivity index (χ1n) is 8.74. The molecular weight excluding hydrogens is 350 g/mol. The maximum atomic E-state index is 11.9. The molecule has 1 saturated heterocycles. The largest absolute Gasteiger partial charge is 0.338 e. The minimum absolute atomic E-state index is 0.0136. The number of hydrogen-bond acceptors (Lipinski definition) is 4. The standard InChI is InChI=1S/C19H23N3O3S/c23-19(21-13-16-10-12-26(24,25)14-16)22-18-8-5-15(6-9-18)4-7-17-3-1-2-11-20-17/h1-3,5-6,8-9,11,16H,4,7,10,12-14H2,(H2,21,22,23). The minimum atomic E-state index is -2.91. The lowest BCUT2D eigenvalue weighted by atomic mass is 10.1. The highest BCUT2D eigenvalue weighted by atomic mass is 32.2. The fourth-order valence-electron chi connectivity index (χ4n) is 3.02. The average Bonchev–Trinajstić information content (AvgIpc) is 2.99. The summed E-state index contributed by atoms with van der Waals surface area (Å²) in [7, 11) is -2.91. The molecule has 0 saturated carbocycles. The molecule has 1 unspecified atom stereocenters. The predicted molar refractivity (Wildman–Crippen MR) is 102 cm³/mol. The fourth-order valence-corrected chi connectivity index (χ4v) is 4.88. The first-order valence-corrected chi connectivity index (χ1v) is 10.6. The number of sulfone groups is 1. The number of nitrogens with zero attached hydrogens (tertiary/aromatic N) is 1. The normalized spacial score (nSPS) is 18.4. The summed E-state index contributed by atoms with van der Waals surface area (Å²) in [5, 5.41) is 5.53. The van der Waals surface area contributed by atoms with Crippen LogP contribution >= 0.6 is 0 Å². The van der Waals surface area contributed by atoms with Crippen molar-refractivity contribution >= 4 is 21.6 Å². The molecule has 0 aliphatic carbocycles. The number of urea groups is 1. The fraction of sp³-hybridized carbons (Fsp3) is 0.368. The summed E-state index contributed by atoms with van der Waals surface area (Å²) in [4.78, 5) is 16.3. The molecule has 26 heavy (non-hydrogen) atoms. The van der Waals surface area contributed by atoms with Crippen LogP contribution in [0.3, 0.4) is 0 Å². The van der Waals surface area contributed by atoms with Gasteiger partial charge in [0.05, 0.1) is 11.5 Å². The Morgan fingerprint density at radius 1 is 1.12 bits per heavy atom. The zero-order valence-corrected chi connectivity index (χ0v) is 15.3. The van der Waals surface area contributed by atoms with Gasteiger partial charge in [-0.15, -0.1) is 0 Å². The molecule has 1 fully saturated rings. The highest BCUT2D eigenvalue weighted by Gasteiger charge is 2.27. The summed E-state index contributed by atoms with van der Waals surface area (Å²) in [6, 6.07) is 13.3. The van der Waals surface area contributed by atoms with Crippen LogP contribution in [0.2, 0.25) is 0 Å². The summed E-state index contributed by atoms with van der Waals surface area (Å²) < 4.78 is 22.8. The van der Waals surface area contributed by atoms with Crippen molar-refractivity contribution in [3.63, 3.8) is 0 Å². The molecule has 1 aromatic heterocycles. The van der Waals surface area contributed by atoms with E-state index in [9.17, 15) is 13.2 Å². The average molecular weight is 373 g/mol. The number of aromatic nitrogens is 1. The van der Waals surface area contributed by atoms with E-state index in [1.165, 1.54) is 5.56 Å². The van der Waals surface area contributed by atoms with Gasteiger partial charge in [-0.25, -0.2) is 13.2 Å². The van der Waals surface area contributed by atoms with Crippen LogP contribution in [0.1, 0.15) is 17.7 Å². The van der Waals surface area contributed by atoms with Gasteiger partial charge in [-0.3, -0.25) is 4.98 Å². The molecular formula is C19H23N3O3S. The van der Waals surface area contributed by atoms with Crippen molar-refractivity contribution < 1.29 is 13.2 Å². The summed E-state index contributed by atoms with van der Waals surface area (Å²) >= 11 is 0. The van der Waals surface area contributed by atoms with Crippen LogP contribution in [0.5, 0.6) is 0 Å². The van der Waals surface area contributed by atoms with E-state index >= 15 is 0 Å². The van der Waals surface area contributed by atoms with Crippen molar-refractivity contribution in [3.05, 3.63) is 59.9 Å². The maximum absolute atomic E-state index is 11.9. The predicted octanol–water partition coefficient (Wildman–Crippen LogP) is 2.42. The molecule has 2 heterocycles. The Morgan fingerprint density at radius 2 is 1.92 bits per heavy atom. The van der Waals surface area contributed by atoms with Crippen molar-refractivity contribution in [1.82, 2.24) is 10.3 Å². The van der Waals surface area contributed by atoms with Crippen LogP contribution in [-0.4, -0.2) is 37.5 Å². The summed E-state index contributed by atoms with van der Waals surface area (Å²) in [5.74, 6) is 0.402. The van der Waals surface area contributed by atoms with Crippen LogP contribution in [-0.2, 0) is 22.7 Å². The van der Waals surface area contributed by atoms with Crippen molar-refractivity contribution in [2.45, 2.75) is 19.3 Å². The highest BCUT2D eigenvalue weighted by Crippen LogP contribution is 2.17. The van der Waals surface area contributed by atoms with E-state index in [0.29, 0.717) is 18.7 Å². The van der Waals surface area contributed by atoms with Gasteiger partial charge in [-0.2, -0.15) is 0 Å². The van der Waals surface area contributed by atoms with Gasteiger partial charge in [0, 0.05) is 24.1 Å². The maximum Gasteiger partial charge on any atom is 0.319 e. The van der Waals surface area contributed by atoms with E-state index in [-0.39, 0.29) is 23.5 Å². The molecule has 1 aliphatic heterocycles. The van der Waals surface area contributed by atoms with E-state index in [2.05, 4.69) is 15.6 Å². The Balaban J connectivity index is 1.42. The van der Waals surface area contributed by atoms with Crippen LogP contribution < -0.4 is 10.6 Å². The Labute approximate surface area is 154 Å². The van der Waals surface area contributed by atoms with Crippen molar-refractivity contribution in [3.8, 4) is 0 Å². The van der Waals surface area contributed by atoms with Gasteiger partial charge in [0.15, 0.2) is 9.84 Å². The zero-order valence-electron chi connectivity index (χ0n) is 14.5. The van der Waals surface area contributed by atoms with Crippen LogP contribution in [0, 0.1) is 5.92 Å². The smallest absolute Gasteiger partial charge is 0.319 e. The van der Waals surface area contributed by atoms with E-state index < -0.39 is 9.84 Å². The van der Waals surface area contributed by atoms with E-state index in [0.717, 1.165) is 18.5 Å². The van der Waals surface area contributed by atoms with E-state index in [1.54, 1.807) is 6.20 Å². The van der Waals surface area contributed by atoms with Gasteiger partial charge in [0.25, 0.3) is 0 Å². The lowest BCUT2D eigenvalue weighted by Gasteiger charge is -2.11. The number of nitrogens with one attached hydrogen (secondary N) is 2. The number of aryl methyl sites for hydroxylation is 2. The van der Waals surface area contributed by atoms with Crippen LogP contribution in [0.4, 0.5) is 10.5 Å². The number of anilines is 1. The van der Waals surface area contributed by atoms with Crippen molar-refractivity contribution in [2.75, 3.05) is 23.4 Å². The molecule has 3 rings (SSSR count). The van der Waals surface area contributed by atoms with Gasteiger partial charge in [-0.1, -0.05) is 18.2 Å². The third-order valence-corrected chi connectivity index (χ3v) is 6.32. The van der Waals surface area contributed by atoms with Crippen molar-refractivity contribution in [2.24, 2.45) is 5.92 Å².